The Morgan fingerprint density at radius 2 is 1.03 bits per heavy atom. The highest BCUT2D eigenvalue weighted by Gasteiger charge is 2.47. The van der Waals surface area contributed by atoms with Gasteiger partial charge in [0.1, 0.15) is 0 Å². The Labute approximate surface area is 228 Å². The van der Waals surface area contributed by atoms with E-state index in [0.29, 0.717) is 0 Å². The molecule has 0 atom stereocenters. The van der Waals surface area contributed by atoms with Gasteiger partial charge < -0.3 is 9.80 Å². The van der Waals surface area contributed by atoms with Crippen molar-refractivity contribution in [2.24, 2.45) is 0 Å². The van der Waals surface area contributed by atoms with Crippen molar-refractivity contribution in [2.45, 2.75) is 12.8 Å². The summed E-state index contributed by atoms with van der Waals surface area (Å²) in [6, 6.07) is 39.0. The molecule has 0 bridgehead atoms. The molecule has 0 amide bonds. The first kappa shape index (κ1) is 20.5. The van der Waals surface area contributed by atoms with Crippen LogP contribution in [0.25, 0.3) is 32.7 Å². The van der Waals surface area contributed by atoms with E-state index in [1.807, 2.05) is 0 Å². The van der Waals surface area contributed by atoms with E-state index in [1.54, 1.807) is 0 Å². The minimum Gasteiger partial charge on any atom is -0.342 e. The molecule has 0 aromatic heterocycles. The molecular formula is C36H25BN2. The first-order valence-corrected chi connectivity index (χ1v) is 14.2. The van der Waals surface area contributed by atoms with Gasteiger partial charge in [-0.3, -0.25) is 0 Å². The third kappa shape index (κ3) is 2.49. The van der Waals surface area contributed by atoms with Crippen LogP contribution >= 0.6 is 0 Å². The highest BCUT2D eigenvalue weighted by atomic mass is 15.2. The van der Waals surface area contributed by atoms with Crippen LogP contribution in [0.5, 0.6) is 0 Å². The SMILES string of the molecule is c1ccc(-c2cc3c4c(c2)N2CCc5c2c(cc2ccccc52)B4c2cc4ccccc4c4c2N3CC4)cc1. The van der Waals surface area contributed by atoms with E-state index >= 15 is 0 Å². The normalized spacial score (nSPS) is 15.6. The van der Waals surface area contributed by atoms with Crippen LogP contribution in [-0.2, 0) is 12.8 Å². The topological polar surface area (TPSA) is 6.48 Å². The van der Waals surface area contributed by atoms with E-state index in [4.69, 9.17) is 0 Å². The van der Waals surface area contributed by atoms with Gasteiger partial charge >= 0.3 is 0 Å². The summed E-state index contributed by atoms with van der Waals surface area (Å²) in [5.41, 5.74) is 15.9. The van der Waals surface area contributed by atoms with E-state index in [0.717, 1.165) is 25.9 Å². The van der Waals surface area contributed by atoms with Crippen molar-refractivity contribution in [1.29, 1.82) is 0 Å². The molecule has 0 spiro atoms. The summed E-state index contributed by atoms with van der Waals surface area (Å²) in [6.45, 7) is 2.34. The molecule has 6 aromatic rings. The number of anilines is 4. The maximum atomic E-state index is 2.65. The fourth-order valence-electron chi connectivity index (χ4n) is 8.25. The second-order valence-electron chi connectivity index (χ2n) is 11.6. The number of hydrogen-bond acceptors (Lipinski definition) is 2. The molecule has 0 N–H and O–H groups in total. The number of rotatable bonds is 1. The van der Waals surface area contributed by atoms with Gasteiger partial charge in [0.2, 0.25) is 0 Å². The molecule has 2 nitrogen and oxygen atoms in total. The lowest BCUT2D eigenvalue weighted by Crippen LogP contribution is -2.61. The molecule has 0 unspecified atom stereocenters. The molecule has 182 valence electrons. The quantitative estimate of drug-likeness (QED) is 0.251. The van der Waals surface area contributed by atoms with E-state index in [1.165, 1.54) is 82.9 Å². The van der Waals surface area contributed by atoms with Crippen LogP contribution in [0.4, 0.5) is 22.7 Å². The molecule has 4 aliphatic heterocycles. The van der Waals surface area contributed by atoms with Crippen LogP contribution in [0.1, 0.15) is 11.1 Å². The summed E-state index contributed by atoms with van der Waals surface area (Å²) in [5, 5.41) is 5.59. The minimum absolute atomic E-state index is 0.250. The van der Waals surface area contributed by atoms with E-state index < -0.39 is 0 Å². The van der Waals surface area contributed by atoms with Gasteiger partial charge in [0, 0.05) is 35.8 Å². The predicted molar refractivity (Wildman–Crippen MR) is 166 cm³/mol. The smallest absolute Gasteiger partial charge is 0.252 e. The van der Waals surface area contributed by atoms with Crippen molar-refractivity contribution in [3.8, 4) is 11.1 Å². The maximum Gasteiger partial charge on any atom is 0.252 e. The van der Waals surface area contributed by atoms with Crippen LogP contribution in [0.2, 0.25) is 0 Å². The molecular weight excluding hydrogens is 471 g/mol. The van der Waals surface area contributed by atoms with Gasteiger partial charge in [-0.25, -0.2) is 0 Å². The molecule has 4 heterocycles. The first-order chi connectivity index (χ1) is 19.3. The van der Waals surface area contributed by atoms with Gasteiger partial charge in [0.25, 0.3) is 6.71 Å². The second kappa shape index (κ2) is 7.12. The summed E-state index contributed by atoms with van der Waals surface area (Å²) in [7, 11) is 0. The Bertz CT molecular complexity index is 1920. The fourth-order valence-corrected chi connectivity index (χ4v) is 8.25. The Hall–Kier alpha value is -4.50. The fraction of sp³-hybridized carbons (Fsp3) is 0.111. The number of hydrogen-bond donors (Lipinski definition) is 0. The van der Waals surface area contributed by atoms with Crippen LogP contribution in [-0.4, -0.2) is 19.8 Å². The third-order valence-electron chi connectivity index (χ3n) is 9.76. The van der Waals surface area contributed by atoms with E-state index in [2.05, 4.69) is 113 Å². The largest absolute Gasteiger partial charge is 0.342 e. The Morgan fingerprint density at radius 1 is 0.513 bits per heavy atom. The van der Waals surface area contributed by atoms with Crippen LogP contribution in [0.15, 0.2) is 103 Å². The van der Waals surface area contributed by atoms with Crippen molar-refractivity contribution in [3.63, 3.8) is 0 Å². The monoisotopic (exact) mass is 496 g/mol. The Kier molecular flexibility index (Phi) is 3.74. The van der Waals surface area contributed by atoms with Crippen molar-refractivity contribution < 1.29 is 0 Å². The molecule has 0 fully saturated rings. The highest BCUT2D eigenvalue weighted by molar-refractivity contribution is 7.00. The summed E-state index contributed by atoms with van der Waals surface area (Å²) in [5.74, 6) is 0. The summed E-state index contributed by atoms with van der Waals surface area (Å²) in [6.07, 6.45) is 2.20. The van der Waals surface area contributed by atoms with Crippen LogP contribution in [0.3, 0.4) is 0 Å². The van der Waals surface area contributed by atoms with Gasteiger partial charge in [-0.05, 0) is 85.2 Å². The number of benzene rings is 6. The Balaban J connectivity index is 1.37. The van der Waals surface area contributed by atoms with E-state index in [9.17, 15) is 0 Å². The van der Waals surface area contributed by atoms with Crippen LogP contribution in [0, 0.1) is 0 Å². The summed E-state index contributed by atoms with van der Waals surface area (Å²) in [4.78, 5) is 5.31. The Morgan fingerprint density at radius 3 is 1.59 bits per heavy atom. The zero-order valence-electron chi connectivity index (χ0n) is 21.6. The molecule has 6 aromatic carbocycles. The molecule has 0 saturated carbocycles. The van der Waals surface area contributed by atoms with Gasteiger partial charge in [0.15, 0.2) is 0 Å². The first-order valence-electron chi connectivity index (χ1n) is 14.2. The van der Waals surface area contributed by atoms with Gasteiger partial charge in [-0.1, -0.05) is 91.0 Å². The maximum absolute atomic E-state index is 2.65. The lowest BCUT2D eigenvalue weighted by molar-refractivity contribution is 0.990. The molecule has 0 radical (unpaired) electrons. The average Bonchev–Trinajstić information content (AvgIpc) is 3.64. The zero-order valence-corrected chi connectivity index (χ0v) is 21.6. The van der Waals surface area contributed by atoms with Crippen molar-refractivity contribution in [3.05, 3.63) is 114 Å². The molecule has 39 heavy (non-hydrogen) atoms. The van der Waals surface area contributed by atoms with Gasteiger partial charge in [-0.2, -0.15) is 0 Å². The second-order valence-corrected chi connectivity index (χ2v) is 11.6. The van der Waals surface area contributed by atoms with Crippen LogP contribution < -0.4 is 26.2 Å². The lowest BCUT2D eigenvalue weighted by atomic mass is 9.33. The van der Waals surface area contributed by atoms with Gasteiger partial charge in [0.05, 0.1) is 0 Å². The average molecular weight is 496 g/mol. The third-order valence-corrected chi connectivity index (χ3v) is 9.76. The predicted octanol–water partition coefficient (Wildman–Crippen LogP) is 6.19. The summed E-state index contributed by atoms with van der Waals surface area (Å²) >= 11 is 0. The van der Waals surface area contributed by atoms with Crippen molar-refractivity contribution in [2.75, 3.05) is 22.9 Å². The molecule has 4 aliphatic rings. The standard InChI is InChI=1S/C36H25BN2/c1-2-8-22(9-3-1)25-20-32-34-33(21-25)39-17-15-29-27-13-7-5-11-24(27)19-31(36(29)39)37(34)30-18-23-10-4-6-12-26(23)28-14-16-38(32)35(28)30/h1-13,18-21H,14-17H2. The van der Waals surface area contributed by atoms with Crippen molar-refractivity contribution >= 4 is 67.4 Å². The molecule has 0 saturated heterocycles. The summed E-state index contributed by atoms with van der Waals surface area (Å²) < 4.78 is 0. The lowest BCUT2D eigenvalue weighted by Gasteiger charge is -2.42. The molecule has 10 rings (SSSR count). The highest BCUT2D eigenvalue weighted by Crippen LogP contribution is 2.47. The zero-order chi connectivity index (χ0) is 25.2. The van der Waals surface area contributed by atoms with Gasteiger partial charge in [-0.15, -0.1) is 0 Å². The molecule has 3 heteroatoms. The van der Waals surface area contributed by atoms with Crippen molar-refractivity contribution in [1.82, 2.24) is 0 Å². The minimum atomic E-state index is 0.250. The van der Waals surface area contributed by atoms with E-state index in [-0.39, 0.29) is 6.71 Å². The number of fused-ring (bicyclic) bond motifs is 8. The number of nitrogens with zero attached hydrogens (tertiary/aromatic N) is 2. The molecule has 0 aliphatic carbocycles.